The molecule has 0 fully saturated rings. The third-order valence-corrected chi connectivity index (χ3v) is 3.37. The molecule has 0 saturated carbocycles. The van der Waals surface area contributed by atoms with E-state index in [0.29, 0.717) is 6.04 Å². The van der Waals surface area contributed by atoms with Crippen molar-refractivity contribution in [3.63, 3.8) is 0 Å². The van der Waals surface area contributed by atoms with Gasteiger partial charge < -0.3 is 11.1 Å². The molecule has 4 heteroatoms. The summed E-state index contributed by atoms with van der Waals surface area (Å²) in [6.07, 6.45) is 7.29. The molecule has 0 spiro atoms. The molecule has 18 heavy (non-hydrogen) atoms. The van der Waals surface area contributed by atoms with Crippen molar-refractivity contribution in [2.45, 2.75) is 65.3 Å². The van der Waals surface area contributed by atoms with Crippen molar-refractivity contribution in [3.8, 4) is 0 Å². The van der Waals surface area contributed by atoms with E-state index in [-0.39, 0.29) is 0 Å². The van der Waals surface area contributed by atoms with Crippen molar-refractivity contribution < 1.29 is 0 Å². The second-order valence-electron chi connectivity index (χ2n) is 5.08. The van der Waals surface area contributed by atoms with Crippen LogP contribution in [0.2, 0.25) is 0 Å². The number of anilines is 2. The van der Waals surface area contributed by atoms with Crippen LogP contribution in [0.4, 0.5) is 11.5 Å². The van der Waals surface area contributed by atoms with E-state index in [2.05, 4.69) is 31.2 Å². The fraction of sp³-hybridized carbons (Fsp3) is 0.786. The van der Waals surface area contributed by atoms with E-state index in [1.54, 1.807) is 0 Å². The molecule has 3 N–H and O–H groups in total. The fourth-order valence-corrected chi connectivity index (χ4v) is 2.21. The number of nitrogens with one attached hydrogen (secondary N) is 1. The second kappa shape index (κ2) is 7.29. The van der Waals surface area contributed by atoms with Crippen LogP contribution < -0.4 is 11.1 Å². The molecule has 1 heterocycles. The predicted octanol–water partition coefficient (Wildman–Crippen LogP) is 3.34. The lowest BCUT2D eigenvalue weighted by molar-refractivity contribution is 0.589. The monoisotopic (exact) mass is 252 g/mol. The fourth-order valence-electron chi connectivity index (χ4n) is 2.21. The van der Waals surface area contributed by atoms with Gasteiger partial charge in [0.25, 0.3) is 0 Å². The summed E-state index contributed by atoms with van der Waals surface area (Å²) in [5.74, 6) is 0.967. The van der Waals surface area contributed by atoms with Gasteiger partial charge in [-0.2, -0.15) is 5.10 Å². The van der Waals surface area contributed by atoms with E-state index in [0.717, 1.165) is 23.6 Å². The lowest BCUT2D eigenvalue weighted by atomic mass is 10.1. The highest BCUT2D eigenvalue weighted by molar-refractivity contribution is 5.65. The van der Waals surface area contributed by atoms with Crippen LogP contribution in [0.1, 0.15) is 58.6 Å². The topological polar surface area (TPSA) is 55.9 Å². The Bertz CT molecular complexity index is 357. The Balaban J connectivity index is 2.48. The van der Waals surface area contributed by atoms with Crippen molar-refractivity contribution >= 4 is 11.5 Å². The molecule has 1 rings (SSSR count). The van der Waals surface area contributed by atoms with Crippen LogP contribution in [-0.4, -0.2) is 15.8 Å². The van der Waals surface area contributed by atoms with Crippen LogP contribution in [0.3, 0.4) is 0 Å². The van der Waals surface area contributed by atoms with Crippen LogP contribution in [0.25, 0.3) is 0 Å². The van der Waals surface area contributed by atoms with Gasteiger partial charge in [-0.25, -0.2) is 0 Å². The highest BCUT2D eigenvalue weighted by Gasteiger charge is 2.13. The zero-order valence-corrected chi connectivity index (χ0v) is 12.3. The average Bonchev–Trinajstić information content (AvgIpc) is 2.62. The van der Waals surface area contributed by atoms with Crippen molar-refractivity contribution in [2.24, 2.45) is 7.05 Å². The summed E-state index contributed by atoms with van der Waals surface area (Å²) in [5.41, 5.74) is 7.88. The predicted molar refractivity (Wildman–Crippen MR) is 78.8 cm³/mol. The minimum absolute atomic E-state index is 0.448. The van der Waals surface area contributed by atoms with E-state index in [1.165, 1.54) is 32.1 Å². The first-order valence-corrected chi connectivity index (χ1v) is 7.18. The van der Waals surface area contributed by atoms with Crippen molar-refractivity contribution in [2.75, 3.05) is 11.1 Å². The van der Waals surface area contributed by atoms with Gasteiger partial charge in [-0.15, -0.1) is 0 Å². The van der Waals surface area contributed by atoms with Crippen LogP contribution in [-0.2, 0) is 13.5 Å². The minimum atomic E-state index is 0.448. The smallest absolute Gasteiger partial charge is 0.147 e. The Labute approximate surface area is 111 Å². The first kappa shape index (κ1) is 14.9. The highest BCUT2D eigenvalue weighted by Crippen LogP contribution is 2.23. The van der Waals surface area contributed by atoms with Gasteiger partial charge in [0.2, 0.25) is 0 Å². The molecule has 0 amide bonds. The molecule has 0 aromatic carbocycles. The molecule has 0 aliphatic rings. The van der Waals surface area contributed by atoms with Crippen molar-refractivity contribution in [1.29, 1.82) is 0 Å². The van der Waals surface area contributed by atoms with E-state index in [4.69, 9.17) is 5.73 Å². The largest absolute Gasteiger partial charge is 0.394 e. The summed E-state index contributed by atoms with van der Waals surface area (Å²) in [4.78, 5) is 0. The quantitative estimate of drug-likeness (QED) is 0.698. The highest BCUT2D eigenvalue weighted by atomic mass is 15.3. The first-order chi connectivity index (χ1) is 8.60. The number of unbranched alkanes of at least 4 members (excludes halogenated alkanes) is 3. The van der Waals surface area contributed by atoms with E-state index >= 15 is 0 Å². The summed E-state index contributed by atoms with van der Waals surface area (Å²) >= 11 is 0. The second-order valence-corrected chi connectivity index (χ2v) is 5.08. The number of aromatic nitrogens is 2. The maximum Gasteiger partial charge on any atom is 0.147 e. The summed E-state index contributed by atoms with van der Waals surface area (Å²) in [7, 11) is 1.95. The molecular weight excluding hydrogens is 224 g/mol. The Morgan fingerprint density at radius 3 is 2.56 bits per heavy atom. The molecule has 1 atom stereocenters. The summed E-state index contributed by atoms with van der Waals surface area (Å²) in [6, 6.07) is 0.448. The Hall–Kier alpha value is -1.19. The summed E-state index contributed by atoms with van der Waals surface area (Å²) < 4.78 is 1.86. The Kier molecular flexibility index (Phi) is 6.02. The molecule has 0 aliphatic carbocycles. The third-order valence-electron chi connectivity index (χ3n) is 3.37. The average molecular weight is 252 g/mol. The van der Waals surface area contributed by atoms with Gasteiger partial charge in [-0.1, -0.05) is 39.5 Å². The van der Waals surface area contributed by atoms with Crippen molar-refractivity contribution in [1.82, 2.24) is 9.78 Å². The molecule has 104 valence electrons. The van der Waals surface area contributed by atoms with Crippen LogP contribution in [0, 0.1) is 0 Å². The maximum absolute atomic E-state index is 6.09. The zero-order valence-electron chi connectivity index (χ0n) is 12.3. The molecule has 1 aromatic heterocycles. The molecule has 0 bridgehead atoms. The standard InChI is InChI=1S/C14H28N4/c1-5-7-8-9-10-11(3)16-14-13(15)12(6-2)17-18(14)4/h11,16H,5-10,15H2,1-4H3. The van der Waals surface area contributed by atoms with Gasteiger partial charge in [-0.05, 0) is 19.8 Å². The van der Waals surface area contributed by atoms with Gasteiger partial charge in [-0.3, -0.25) is 4.68 Å². The number of nitrogen functional groups attached to an aromatic ring is 1. The molecule has 1 aromatic rings. The number of nitrogens with two attached hydrogens (primary N) is 1. The van der Waals surface area contributed by atoms with E-state index in [1.807, 2.05) is 11.7 Å². The number of hydrogen-bond donors (Lipinski definition) is 2. The van der Waals surface area contributed by atoms with Crippen LogP contribution >= 0.6 is 0 Å². The molecular formula is C14H28N4. The summed E-state index contributed by atoms with van der Waals surface area (Å²) in [6.45, 7) is 6.53. The number of hydrogen-bond acceptors (Lipinski definition) is 3. The zero-order chi connectivity index (χ0) is 13.5. The van der Waals surface area contributed by atoms with Crippen LogP contribution in [0.5, 0.6) is 0 Å². The van der Waals surface area contributed by atoms with Gasteiger partial charge >= 0.3 is 0 Å². The summed E-state index contributed by atoms with van der Waals surface area (Å²) in [5, 5.41) is 7.91. The van der Waals surface area contributed by atoms with Gasteiger partial charge in [0.05, 0.1) is 11.4 Å². The van der Waals surface area contributed by atoms with Crippen molar-refractivity contribution in [3.05, 3.63) is 5.69 Å². The maximum atomic E-state index is 6.09. The van der Waals surface area contributed by atoms with Crippen LogP contribution in [0.15, 0.2) is 0 Å². The lowest BCUT2D eigenvalue weighted by Crippen LogP contribution is -2.18. The third kappa shape index (κ3) is 3.93. The first-order valence-electron chi connectivity index (χ1n) is 7.18. The minimum Gasteiger partial charge on any atom is -0.394 e. The Morgan fingerprint density at radius 1 is 1.28 bits per heavy atom. The molecule has 1 unspecified atom stereocenters. The number of aryl methyl sites for hydroxylation is 2. The normalized spacial score (nSPS) is 12.7. The van der Waals surface area contributed by atoms with E-state index in [9.17, 15) is 0 Å². The molecule has 4 nitrogen and oxygen atoms in total. The Morgan fingerprint density at radius 2 is 2.00 bits per heavy atom. The number of nitrogens with zero attached hydrogens (tertiary/aromatic N) is 2. The molecule has 0 aliphatic heterocycles. The van der Waals surface area contributed by atoms with Gasteiger partial charge in [0, 0.05) is 13.1 Å². The van der Waals surface area contributed by atoms with Gasteiger partial charge in [0.15, 0.2) is 0 Å². The SMILES string of the molecule is CCCCCCC(C)Nc1c(N)c(CC)nn1C. The molecule has 0 radical (unpaired) electrons. The van der Waals surface area contributed by atoms with Gasteiger partial charge in [0.1, 0.15) is 5.82 Å². The van der Waals surface area contributed by atoms with E-state index < -0.39 is 0 Å². The lowest BCUT2D eigenvalue weighted by Gasteiger charge is -2.15. The molecule has 0 saturated heterocycles. The number of rotatable bonds is 8.